The Bertz CT molecular complexity index is 1350. The van der Waals surface area contributed by atoms with Crippen molar-refractivity contribution in [2.24, 2.45) is 0 Å². The third-order valence-electron chi connectivity index (χ3n) is 4.84. The smallest absolute Gasteiger partial charge is 0.332 e. The Labute approximate surface area is 171 Å². The molecule has 30 heavy (non-hydrogen) atoms. The Morgan fingerprint density at radius 1 is 1.10 bits per heavy atom. The fourth-order valence-electron chi connectivity index (χ4n) is 3.38. The summed E-state index contributed by atoms with van der Waals surface area (Å²) in [6, 6.07) is 12.3. The van der Waals surface area contributed by atoms with Crippen molar-refractivity contribution in [2.75, 3.05) is 5.32 Å². The summed E-state index contributed by atoms with van der Waals surface area (Å²) in [6.07, 6.45) is 2.95. The number of amides is 1. The number of pyridine rings is 1. The molecule has 0 spiro atoms. The Hall–Kier alpha value is -3.94. The van der Waals surface area contributed by atoms with Crippen LogP contribution < -0.4 is 16.6 Å². The molecular weight excluding hydrogens is 384 g/mol. The van der Waals surface area contributed by atoms with Gasteiger partial charge in [-0.25, -0.2) is 9.78 Å². The van der Waals surface area contributed by atoms with E-state index in [9.17, 15) is 14.4 Å². The standard InChI is InChI=1S/C22H20N4O4/c1-14-7-8-17(15(2)11-14)24-19(27)13-25-18-6-3-9-23-20(18)21(28)26(22(25)29)12-16-5-4-10-30-16/h3-11H,12-13H2,1-2H3,(H,24,27). The lowest BCUT2D eigenvalue weighted by molar-refractivity contribution is -0.116. The summed E-state index contributed by atoms with van der Waals surface area (Å²) >= 11 is 0. The van der Waals surface area contributed by atoms with Gasteiger partial charge >= 0.3 is 5.69 Å². The van der Waals surface area contributed by atoms with E-state index in [0.717, 1.165) is 15.7 Å². The molecule has 0 saturated carbocycles. The molecule has 0 atom stereocenters. The largest absolute Gasteiger partial charge is 0.467 e. The first-order chi connectivity index (χ1) is 14.4. The lowest BCUT2D eigenvalue weighted by Gasteiger charge is -2.14. The number of fused-ring (bicyclic) bond motifs is 1. The van der Waals surface area contributed by atoms with Gasteiger partial charge in [0.05, 0.1) is 18.3 Å². The number of nitrogens with one attached hydrogen (secondary N) is 1. The van der Waals surface area contributed by atoms with Gasteiger partial charge in [0.25, 0.3) is 5.56 Å². The van der Waals surface area contributed by atoms with Crippen molar-refractivity contribution < 1.29 is 9.21 Å². The summed E-state index contributed by atoms with van der Waals surface area (Å²) in [5.74, 6) is 0.0770. The number of hydrogen-bond acceptors (Lipinski definition) is 5. The lowest BCUT2D eigenvalue weighted by atomic mass is 10.1. The van der Waals surface area contributed by atoms with E-state index in [-0.39, 0.29) is 24.5 Å². The van der Waals surface area contributed by atoms with Crippen LogP contribution in [0, 0.1) is 13.8 Å². The molecule has 0 bridgehead atoms. The molecule has 4 aromatic rings. The number of aryl methyl sites for hydroxylation is 2. The molecule has 8 heteroatoms. The molecule has 4 rings (SSSR count). The van der Waals surface area contributed by atoms with Crippen molar-refractivity contribution in [3.8, 4) is 0 Å². The van der Waals surface area contributed by atoms with Gasteiger partial charge in [0.15, 0.2) is 5.52 Å². The van der Waals surface area contributed by atoms with Crippen LogP contribution >= 0.6 is 0 Å². The minimum absolute atomic E-state index is 0.0458. The summed E-state index contributed by atoms with van der Waals surface area (Å²) in [4.78, 5) is 42.8. The van der Waals surface area contributed by atoms with E-state index in [1.54, 1.807) is 24.3 Å². The van der Waals surface area contributed by atoms with Crippen molar-refractivity contribution in [1.82, 2.24) is 14.1 Å². The predicted molar refractivity (Wildman–Crippen MR) is 113 cm³/mol. The quantitative estimate of drug-likeness (QED) is 0.551. The van der Waals surface area contributed by atoms with Crippen LogP contribution in [0.25, 0.3) is 11.0 Å². The highest BCUT2D eigenvalue weighted by atomic mass is 16.3. The molecule has 0 aliphatic heterocycles. The van der Waals surface area contributed by atoms with Crippen molar-refractivity contribution in [3.63, 3.8) is 0 Å². The second-order valence-electron chi connectivity index (χ2n) is 7.08. The number of aromatic nitrogens is 3. The van der Waals surface area contributed by atoms with Gasteiger partial charge in [0.2, 0.25) is 5.91 Å². The molecular formula is C22H20N4O4. The maximum atomic E-state index is 13.1. The molecule has 0 unspecified atom stereocenters. The van der Waals surface area contributed by atoms with Crippen LogP contribution in [0.1, 0.15) is 16.9 Å². The molecule has 0 aliphatic rings. The Morgan fingerprint density at radius 2 is 1.93 bits per heavy atom. The van der Waals surface area contributed by atoms with E-state index < -0.39 is 11.2 Å². The van der Waals surface area contributed by atoms with Gasteiger partial charge in [-0.3, -0.25) is 18.7 Å². The summed E-state index contributed by atoms with van der Waals surface area (Å²) in [5, 5.41) is 2.83. The molecule has 0 saturated heterocycles. The summed E-state index contributed by atoms with van der Waals surface area (Å²) < 4.78 is 7.56. The Kier molecular flexibility index (Phi) is 5.05. The van der Waals surface area contributed by atoms with Crippen LogP contribution in [0.4, 0.5) is 5.69 Å². The minimum atomic E-state index is -0.604. The van der Waals surface area contributed by atoms with Crippen LogP contribution in [0.5, 0.6) is 0 Å². The highest BCUT2D eigenvalue weighted by molar-refractivity contribution is 5.92. The van der Waals surface area contributed by atoms with Crippen LogP contribution in [0.2, 0.25) is 0 Å². The van der Waals surface area contributed by atoms with Gasteiger partial charge in [-0.15, -0.1) is 0 Å². The average Bonchev–Trinajstić information content (AvgIpc) is 3.24. The van der Waals surface area contributed by atoms with E-state index in [0.29, 0.717) is 17.0 Å². The number of nitrogens with zero attached hydrogens (tertiary/aromatic N) is 3. The molecule has 0 radical (unpaired) electrons. The summed E-state index contributed by atoms with van der Waals surface area (Å²) in [6.45, 7) is 3.57. The zero-order valence-corrected chi connectivity index (χ0v) is 16.6. The van der Waals surface area contributed by atoms with Crippen LogP contribution in [0.15, 0.2) is 68.9 Å². The second-order valence-corrected chi connectivity index (χ2v) is 7.08. The summed E-state index contributed by atoms with van der Waals surface area (Å²) in [5.41, 5.74) is 1.96. The van der Waals surface area contributed by atoms with E-state index in [2.05, 4.69) is 10.3 Å². The van der Waals surface area contributed by atoms with Gasteiger partial charge in [-0.1, -0.05) is 17.7 Å². The molecule has 1 amide bonds. The molecule has 1 aromatic carbocycles. The highest BCUT2D eigenvalue weighted by Crippen LogP contribution is 2.16. The fourth-order valence-corrected chi connectivity index (χ4v) is 3.38. The highest BCUT2D eigenvalue weighted by Gasteiger charge is 2.17. The predicted octanol–water partition coefficient (Wildman–Crippen LogP) is 2.46. The fraction of sp³-hybridized carbons (Fsp3) is 0.182. The van der Waals surface area contributed by atoms with E-state index in [1.165, 1.54) is 17.0 Å². The normalized spacial score (nSPS) is 11.0. The number of carbonyl (C=O) groups is 1. The maximum absolute atomic E-state index is 13.1. The number of benzene rings is 1. The van der Waals surface area contributed by atoms with Crippen molar-refractivity contribution >= 4 is 22.6 Å². The van der Waals surface area contributed by atoms with Gasteiger partial charge in [0.1, 0.15) is 12.3 Å². The van der Waals surface area contributed by atoms with E-state index in [4.69, 9.17) is 4.42 Å². The zero-order valence-electron chi connectivity index (χ0n) is 16.6. The molecule has 3 heterocycles. The molecule has 0 fully saturated rings. The van der Waals surface area contributed by atoms with Crippen molar-refractivity contribution in [1.29, 1.82) is 0 Å². The van der Waals surface area contributed by atoms with E-state index in [1.807, 2.05) is 32.0 Å². The number of hydrogen-bond donors (Lipinski definition) is 1. The molecule has 0 aliphatic carbocycles. The van der Waals surface area contributed by atoms with Gasteiger partial charge in [-0.2, -0.15) is 0 Å². The monoisotopic (exact) mass is 404 g/mol. The third kappa shape index (κ3) is 3.67. The van der Waals surface area contributed by atoms with Gasteiger partial charge < -0.3 is 9.73 Å². The van der Waals surface area contributed by atoms with Crippen LogP contribution in [0.3, 0.4) is 0 Å². The average molecular weight is 404 g/mol. The van der Waals surface area contributed by atoms with Crippen LogP contribution in [-0.4, -0.2) is 20.0 Å². The Morgan fingerprint density at radius 3 is 2.67 bits per heavy atom. The number of rotatable bonds is 5. The molecule has 8 nitrogen and oxygen atoms in total. The Balaban J connectivity index is 1.75. The van der Waals surface area contributed by atoms with E-state index >= 15 is 0 Å². The zero-order chi connectivity index (χ0) is 21.3. The van der Waals surface area contributed by atoms with Crippen molar-refractivity contribution in [2.45, 2.75) is 26.9 Å². The SMILES string of the molecule is Cc1ccc(NC(=O)Cn2c(=O)n(Cc3ccco3)c(=O)c3ncccc32)c(C)c1. The number of anilines is 1. The second kappa shape index (κ2) is 7.82. The maximum Gasteiger partial charge on any atom is 0.332 e. The lowest BCUT2D eigenvalue weighted by Crippen LogP contribution is -2.42. The number of carbonyl (C=O) groups excluding carboxylic acids is 1. The summed E-state index contributed by atoms with van der Waals surface area (Å²) in [7, 11) is 0. The third-order valence-corrected chi connectivity index (χ3v) is 4.84. The first-order valence-corrected chi connectivity index (χ1v) is 9.42. The van der Waals surface area contributed by atoms with Gasteiger partial charge in [-0.05, 0) is 49.7 Å². The first kappa shape index (κ1) is 19.4. The topological polar surface area (TPSA) is 99.1 Å². The van der Waals surface area contributed by atoms with Crippen molar-refractivity contribution in [3.05, 3.63) is 92.6 Å². The van der Waals surface area contributed by atoms with Crippen LogP contribution in [-0.2, 0) is 17.9 Å². The molecule has 3 aromatic heterocycles. The minimum Gasteiger partial charge on any atom is -0.467 e. The first-order valence-electron chi connectivity index (χ1n) is 9.42. The molecule has 152 valence electrons. The van der Waals surface area contributed by atoms with Gasteiger partial charge in [0, 0.05) is 11.9 Å². The molecule has 1 N–H and O–H groups in total. The number of furan rings is 1.